The van der Waals surface area contributed by atoms with Gasteiger partial charge in [-0.15, -0.1) is 0 Å². The zero-order valence-electron chi connectivity index (χ0n) is 23.7. The van der Waals surface area contributed by atoms with Crippen LogP contribution in [-0.4, -0.2) is 33.9 Å². The standard InChI is InChI=1S/C29H50O4Si/c1-12-27(30)22(3)17-21(2)18-23(4)28(33-34(10,11)29(6,7)8)24(5)19-32-20-25-13-15-26(31-9)16-14-25/h13-16,18,22-24,28H,12,17,19-20H2,1-11H3/b21-18-/t22-,23-,24?,28?/m0/s1. The second-order valence-corrected chi connectivity index (χ2v) is 16.2. The Kier molecular flexibility index (Phi) is 12.2. The molecule has 0 aliphatic carbocycles. The van der Waals surface area contributed by atoms with Crippen molar-refractivity contribution in [1.82, 2.24) is 0 Å². The fraction of sp³-hybridized carbons (Fsp3) is 0.690. The molecule has 34 heavy (non-hydrogen) atoms. The number of allylic oxidation sites excluding steroid dienone is 1. The van der Waals surface area contributed by atoms with Crippen LogP contribution in [0.15, 0.2) is 35.9 Å². The Labute approximate surface area is 210 Å². The lowest BCUT2D eigenvalue weighted by Gasteiger charge is -2.42. The van der Waals surface area contributed by atoms with E-state index >= 15 is 0 Å². The molecule has 0 heterocycles. The third-order valence-electron chi connectivity index (χ3n) is 7.20. The summed E-state index contributed by atoms with van der Waals surface area (Å²) in [4.78, 5) is 12.1. The smallest absolute Gasteiger partial charge is 0.192 e. The first kappa shape index (κ1) is 30.6. The number of Topliss-reactive ketones (excluding diaryl/α,β-unsaturated/α-hetero) is 1. The zero-order chi connectivity index (χ0) is 26.1. The molecule has 0 N–H and O–H groups in total. The van der Waals surface area contributed by atoms with Crippen LogP contribution in [-0.2, 0) is 20.6 Å². The van der Waals surface area contributed by atoms with E-state index < -0.39 is 8.32 Å². The maximum absolute atomic E-state index is 12.1. The molecule has 0 radical (unpaired) electrons. The van der Waals surface area contributed by atoms with E-state index in [1.807, 2.05) is 38.1 Å². The van der Waals surface area contributed by atoms with Gasteiger partial charge in [-0.05, 0) is 55.1 Å². The second-order valence-electron chi connectivity index (χ2n) is 11.5. The Hall–Kier alpha value is -1.43. The van der Waals surface area contributed by atoms with Gasteiger partial charge in [-0.2, -0.15) is 0 Å². The van der Waals surface area contributed by atoms with Gasteiger partial charge in [0.25, 0.3) is 0 Å². The zero-order valence-corrected chi connectivity index (χ0v) is 24.7. The van der Waals surface area contributed by atoms with Gasteiger partial charge >= 0.3 is 0 Å². The number of hydrogen-bond acceptors (Lipinski definition) is 4. The van der Waals surface area contributed by atoms with Gasteiger partial charge in [-0.25, -0.2) is 0 Å². The van der Waals surface area contributed by atoms with Crippen LogP contribution < -0.4 is 4.74 Å². The number of carbonyl (C=O) groups excluding carboxylic acids is 1. The molecule has 194 valence electrons. The minimum Gasteiger partial charge on any atom is -0.497 e. The van der Waals surface area contributed by atoms with Crippen LogP contribution in [0, 0.1) is 17.8 Å². The maximum Gasteiger partial charge on any atom is 0.192 e. The van der Waals surface area contributed by atoms with E-state index in [9.17, 15) is 4.79 Å². The minimum absolute atomic E-state index is 0.0592. The van der Waals surface area contributed by atoms with Crippen LogP contribution in [0.4, 0.5) is 0 Å². The molecule has 0 aliphatic rings. The summed E-state index contributed by atoms with van der Waals surface area (Å²) in [5.41, 5.74) is 2.39. The average molecular weight is 491 g/mol. The van der Waals surface area contributed by atoms with Crippen molar-refractivity contribution in [3.8, 4) is 5.75 Å². The summed E-state index contributed by atoms with van der Waals surface area (Å²) in [6, 6.07) is 8.01. The highest BCUT2D eigenvalue weighted by Gasteiger charge is 2.41. The van der Waals surface area contributed by atoms with Crippen molar-refractivity contribution in [1.29, 1.82) is 0 Å². The molecule has 0 saturated heterocycles. The topological polar surface area (TPSA) is 44.8 Å². The summed E-state index contributed by atoms with van der Waals surface area (Å²) in [7, 11) is -0.291. The third-order valence-corrected chi connectivity index (χ3v) is 11.7. The van der Waals surface area contributed by atoms with E-state index in [2.05, 4.69) is 60.7 Å². The Morgan fingerprint density at radius 1 is 1.09 bits per heavy atom. The summed E-state index contributed by atoms with van der Waals surface area (Å²) in [5.74, 6) is 1.72. The number of hydrogen-bond donors (Lipinski definition) is 0. The number of methoxy groups -OCH3 is 1. The van der Waals surface area contributed by atoms with E-state index in [-0.39, 0.29) is 28.9 Å². The molecular formula is C29H50O4Si. The van der Waals surface area contributed by atoms with E-state index in [1.165, 1.54) is 5.57 Å². The quantitative estimate of drug-likeness (QED) is 0.197. The van der Waals surface area contributed by atoms with Crippen molar-refractivity contribution in [3.05, 3.63) is 41.5 Å². The Morgan fingerprint density at radius 2 is 1.68 bits per heavy atom. The Balaban J connectivity index is 2.94. The highest BCUT2D eigenvalue weighted by molar-refractivity contribution is 6.74. The highest BCUT2D eigenvalue weighted by atomic mass is 28.4. The molecule has 0 bridgehead atoms. The van der Waals surface area contributed by atoms with Crippen LogP contribution in [0.25, 0.3) is 0 Å². The van der Waals surface area contributed by atoms with Gasteiger partial charge in [0.05, 0.1) is 26.4 Å². The summed E-state index contributed by atoms with van der Waals surface area (Å²) in [6.45, 7) is 23.3. The first-order valence-corrected chi connectivity index (χ1v) is 15.7. The number of ketones is 1. The van der Waals surface area contributed by atoms with Gasteiger partial charge in [0.2, 0.25) is 0 Å². The second kappa shape index (κ2) is 13.6. The van der Waals surface area contributed by atoms with Crippen LogP contribution in [0.1, 0.15) is 73.8 Å². The average Bonchev–Trinajstić information content (AvgIpc) is 2.76. The molecule has 1 aromatic carbocycles. The van der Waals surface area contributed by atoms with Crippen LogP contribution in [0.2, 0.25) is 18.1 Å². The van der Waals surface area contributed by atoms with Gasteiger partial charge in [-0.1, -0.05) is 72.2 Å². The SMILES string of the molecule is CCC(=O)[C@@H](C)C/C(C)=C\[C@H](C)C(O[Si](C)(C)C(C)(C)C)C(C)COCc1ccc(OC)cc1. The lowest BCUT2D eigenvalue weighted by molar-refractivity contribution is -0.122. The number of rotatable bonds is 14. The molecule has 0 saturated carbocycles. The fourth-order valence-corrected chi connectivity index (χ4v) is 5.48. The molecule has 5 heteroatoms. The maximum atomic E-state index is 12.1. The van der Waals surface area contributed by atoms with Gasteiger partial charge in [0, 0.05) is 18.3 Å². The predicted molar refractivity (Wildman–Crippen MR) is 146 cm³/mol. The van der Waals surface area contributed by atoms with Crippen molar-refractivity contribution < 1.29 is 18.7 Å². The van der Waals surface area contributed by atoms with E-state index in [1.54, 1.807) is 7.11 Å². The summed E-state index contributed by atoms with van der Waals surface area (Å²) in [6.07, 6.45) is 3.79. The Morgan fingerprint density at radius 3 is 2.18 bits per heavy atom. The highest BCUT2D eigenvalue weighted by Crippen LogP contribution is 2.39. The van der Waals surface area contributed by atoms with Crippen LogP contribution in [0.5, 0.6) is 5.75 Å². The summed E-state index contributed by atoms with van der Waals surface area (Å²) >= 11 is 0. The summed E-state index contributed by atoms with van der Waals surface area (Å²) in [5, 5.41) is 0.134. The van der Waals surface area contributed by atoms with E-state index in [0.717, 1.165) is 17.7 Å². The Bertz CT molecular complexity index is 776. The van der Waals surface area contributed by atoms with Crippen molar-refractivity contribution in [3.63, 3.8) is 0 Å². The molecule has 0 amide bonds. The van der Waals surface area contributed by atoms with Crippen molar-refractivity contribution in [2.45, 2.75) is 99.1 Å². The molecule has 2 unspecified atom stereocenters. The lowest BCUT2D eigenvalue weighted by Crippen LogP contribution is -2.47. The summed E-state index contributed by atoms with van der Waals surface area (Å²) < 4.78 is 18.3. The molecule has 1 aromatic rings. The molecule has 1 rings (SSSR count). The number of ether oxygens (including phenoxy) is 2. The van der Waals surface area contributed by atoms with Crippen molar-refractivity contribution >= 4 is 14.1 Å². The first-order valence-electron chi connectivity index (χ1n) is 12.8. The first-order chi connectivity index (χ1) is 15.7. The number of carbonyl (C=O) groups is 1. The molecule has 0 aliphatic heterocycles. The third kappa shape index (κ3) is 9.67. The van der Waals surface area contributed by atoms with E-state index in [4.69, 9.17) is 13.9 Å². The molecule has 0 fully saturated rings. The van der Waals surface area contributed by atoms with Crippen LogP contribution >= 0.6 is 0 Å². The minimum atomic E-state index is -1.97. The van der Waals surface area contributed by atoms with Crippen molar-refractivity contribution in [2.75, 3.05) is 13.7 Å². The molecular weight excluding hydrogens is 440 g/mol. The van der Waals surface area contributed by atoms with E-state index in [0.29, 0.717) is 25.4 Å². The normalized spacial score (nSPS) is 16.6. The van der Waals surface area contributed by atoms with Crippen LogP contribution in [0.3, 0.4) is 0 Å². The molecule has 4 nitrogen and oxygen atoms in total. The van der Waals surface area contributed by atoms with Crippen molar-refractivity contribution in [2.24, 2.45) is 17.8 Å². The van der Waals surface area contributed by atoms with Gasteiger partial charge < -0.3 is 13.9 Å². The largest absolute Gasteiger partial charge is 0.497 e. The predicted octanol–water partition coefficient (Wildman–Crippen LogP) is 7.83. The molecule has 0 spiro atoms. The molecule has 4 atom stereocenters. The fourth-order valence-electron chi connectivity index (χ4n) is 3.99. The monoisotopic (exact) mass is 490 g/mol. The molecule has 0 aromatic heterocycles. The van der Waals surface area contributed by atoms with Gasteiger partial charge in [0.15, 0.2) is 8.32 Å². The van der Waals surface area contributed by atoms with Gasteiger partial charge in [-0.3, -0.25) is 4.79 Å². The van der Waals surface area contributed by atoms with Gasteiger partial charge in [0.1, 0.15) is 11.5 Å². The number of benzene rings is 1. The lowest BCUT2D eigenvalue weighted by atomic mass is 9.89.